The maximum absolute atomic E-state index is 6.13. The predicted octanol–water partition coefficient (Wildman–Crippen LogP) is 4.61. The van der Waals surface area contributed by atoms with Crippen LogP contribution in [0.3, 0.4) is 0 Å². The van der Waals surface area contributed by atoms with Crippen LogP contribution < -0.4 is 10.1 Å². The van der Waals surface area contributed by atoms with Crippen LogP contribution in [0.1, 0.15) is 24.0 Å². The van der Waals surface area contributed by atoms with E-state index in [4.69, 9.17) is 21.1 Å². The molecule has 1 heterocycles. The molecule has 0 bridgehead atoms. The van der Waals surface area contributed by atoms with Crippen molar-refractivity contribution in [3.8, 4) is 5.75 Å². The fraction of sp³-hybridized carbons (Fsp3) is 0.368. The molecule has 5 heteroatoms. The highest BCUT2D eigenvalue weighted by Gasteiger charge is 2.14. The number of benzene rings is 2. The molecule has 130 valence electrons. The maximum Gasteiger partial charge on any atom is 0.119 e. The molecule has 0 spiro atoms. The Labute approximate surface area is 154 Å². The first-order valence-electron chi connectivity index (χ1n) is 8.09. The molecule has 0 aromatic heterocycles. The summed E-state index contributed by atoms with van der Waals surface area (Å²) in [5.41, 5.74) is 2.24. The summed E-state index contributed by atoms with van der Waals surface area (Å²) in [6.07, 6.45) is 2.74. The molecule has 1 N–H and O–H groups in total. The van der Waals surface area contributed by atoms with Crippen LogP contribution >= 0.6 is 24.0 Å². The lowest BCUT2D eigenvalue weighted by Crippen LogP contribution is -2.25. The third-order valence-electron chi connectivity index (χ3n) is 4.00. The lowest BCUT2D eigenvalue weighted by atomic mass is 10.2. The Kier molecular flexibility index (Phi) is 7.86. The Morgan fingerprint density at radius 3 is 2.62 bits per heavy atom. The standard InChI is InChI=1S/C19H22ClNO2.ClH/c20-19-6-2-1-4-16(19)14-23-17-9-7-15(8-10-17)12-21-13-18-5-3-11-22-18;/h1-2,4,6-10,18,21H,3,5,11-14H2;1H. The van der Waals surface area contributed by atoms with Gasteiger partial charge in [-0.25, -0.2) is 0 Å². The summed E-state index contributed by atoms with van der Waals surface area (Å²) < 4.78 is 11.4. The Balaban J connectivity index is 0.00000208. The zero-order valence-electron chi connectivity index (χ0n) is 13.5. The number of nitrogens with one attached hydrogen (secondary N) is 1. The summed E-state index contributed by atoms with van der Waals surface area (Å²) in [7, 11) is 0. The van der Waals surface area contributed by atoms with Crippen LogP contribution in [0.2, 0.25) is 5.02 Å². The molecule has 1 aliphatic heterocycles. The molecule has 2 aromatic carbocycles. The molecule has 1 fully saturated rings. The molecule has 1 saturated heterocycles. The molecule has 24 heavy (non-hydrogen) atoms. The maximum atomic E-state index is 6.13. The van der Waals surface area contributed by atoms with Gasteiger partial charge in [-0.05, 0) is 36.6 Å². The molecule has 1 atom stereocenters. The third-order valence-corrected chi connectivity index (χ3v) is 4.37. The van der Waals surface area contributed by atoms with Crippen molar-refractivity contribution in [2.75, 3.05) is 13.2 Å². The van der Waals surface area contributed by atoms with E-state index in [2.05, 4.69) is 17.4 Å². The monoisotopic (exact) mass is 367 g/mol. The van der Waals surface area contributed by atoms with E-state index < -0.39 is 0 Å². The highest BCUT2D eigenvalue weighted by molar-refractivity contribution is 6.31. The van der Waals surface area contributed by atoms with Gasteiger partial charge in [0.25, 0.3) is 0 Å². The molecule has 1 aliphatic rings. The van der Waals surface area contributed by atoms with Gasteiger partial charge in [-0.3, -0.25) is 0 Å². The van der Waals surface area contributed by atoms with Gasteiger partial charge < -0.3 is 14.8 Å². The predicted molar refractivity (Wildman–Crippen MR) is 100 cm³/mol. The van der Waals surface area contributed by atoms with E-state index in [-0.39, 0.29) is 12.4 Å². The van der Waals surface area contributed by atoms with Gasteiger partial charge in [-0.2, -0.15) is 0 Å². The average Bonchev–Trinajstić information content (AvgIpc) is 3.09. The van der Waals surface area contributed by atoms with Crippen LogP contribution in [0, 0.1) is 0 Å². The summed E-state index contributed by atoms with van der Waals surface area (Å²) in [5.74, 6) is 0.854. The molecule has 0 aliphatic carbocycles. The zero-order chi connectivity index (χ0) is 15.9. The number of hydrogen-bond acceptors (Lipinski definition) is 3. The normalized spacial score (nSPS) is 16.6. The average molecular weight is 368 g/mol. The van der Waals surface area contributed by atoms with E-state index in [0.29, 0.717) is 12.7 Å². The first kappa shape index (κ1) is 19.1. The van der Waals surface area contributed by atoms with Crippen molar-refractivity contribution >= 4 is 24.0 Å². The van der Waals surface area contributed by atoms with Gasteiger partial charge in [0.1, 0.15) is 12.4 Å². The number of rotatable bonds is 7. The van der Waals surface area contributed by atoms with Crippen molar-refractivity contribution in [3.05, 3.63) is 64.7 Å². The van der Waals surface area contributed by atoms with Crippen molar-refractivity contribution in [2.45, 2.75) is 32.1 Å². The van der Waals surface area contributed by atoms with Crippen LogP contribution in [0.15, 0.2) is 48.5 Å². The van der Waals surface area contributed by atoms with Crippen molar-refractivity contribution in [2.24, 2.45) is 0 Å². The number of halogens is 2. The van der Waals surface area contributed by atoms with E-state index in [1.807, 2.05) is 36.4 Å². The lowest BCUT2D eigenvalue weighted by Gasteiger charge is -2.11. The van der Waals surface area contributed by atoms with E-state index in [9.17, 15) is 0 Å². The lowest BCUT2D eigenvalue weighted by molar-refractivity contribution is 0.110. The van der Waals surface area contributed by atoms with Crippen LogP contribution in [-0.2, 0) is 17.9 Å². The smallest absolute Gasteiger partial charge is 0.119 e. The first-order chi connectivity index (χ1) is 11.3. The van der Waals surface area contributed by atoms with Gasteiger partial charge in [0, 0.05) is 30.3 Å². The van der Waals surface area contributed by atoms with E-state index in [1.54, 1.807) is 0 Å². The highest BCUT2D eigenvalue weighted by atomic mass is 35.5. The summed E-state index contributed by atoms with van der Waals surface area (Å²) in [4.78, 5) is 0. The molecular weight excluding hydrogens is 345 g/mol. The minimum atomic E-state index is 0. The summed E-state index contributed by atoms with van der Waals surface area (Å²) >= 11 is 6.13. The van der Waals surface area contributed by atoms with Crippen molar-refractivity contribution < 1.29 is 9.47 Å². The fourth-order valence-electron chi connectivity index (χ4n) is 2.66. The molecule has 3 nitrogen and oxygen atoms in total. The number of ether oxygens (including phenoxy) is 2. The topological polar surface area (TPSA) is 30.5 Å². The third kappa shape index (κ3) is 5.67. The summed E-state index contributed by atoms with van der Waals surface area (Å²) in [6, 6.07) is 15.9. The van der Waals surface area contributed by atoms with Crippen LogP contribution in [-0.4, -0.2) is 19.3 Å². The second-order valence-electron chi connectivity index (χ2n) is 5.79. The van der Waals surface area contributed by atoms with E-state index in [0.717, 1.165) is 36.0 Å². The van der Waals surface area contributed by atoms with Gasteiger partial charge in [0.05, 0.1) is 6.10 Å². The molecule has 1 unspecified atom stereocenters. The van der Waals surface area contributed by atoms with Gasteiger partial charge >= 0.3 is 0 Å². The van der Waals surface area contributed by atoms with Crippen molar-refractivity contribution in [1.29, 1.82) is 0 Å². The Morgan fingerprint density at radius 2 is 1.92 bits per heavy atom. The Hall–Kier alpha value is -1.26. The van der Waals surface area contributed by atoms with E-state index in [1.165, 1.54) is 18.4 Å². The van der Waals surface area contributed by atoms with Gasteiger partial charge in [0.2, 0.25) is 0 Å². The Morgan fingerprint density at radius 1 is 1.12 bits per heavy atom. The number of hydrogen-bond donors (Lipinski definition) is 1. The quantitative estimate of drug-likeness (QED) is 0.774. The van der Waals surface area contributed by atoms with Gasteiger partial charge in [-0.15, -0.1) is 12.4 Å². The highest BCUT2D eigenvalue weighted by Crippen LogP contribution is 2.19. The SMILES string of the molecule is Cl.Clc1ccccc1COc1ccc(CNCC2CCCO2)cc1. The fourth-order valence-corrected chi connectivity index (χ4v) is 2.85. The second-order valence-corrected chi connectivity index (χ2v) is 6.20. The molecule has 0 saturated carbocycles. The Bertz CT molecular complexity index is 613. The summed E-state index contributed by atoms with van der Waals surface area (Å²) in [6.45, 7) is 3.16. The van der Waals surface area contributed by atoms with Crippen LogP contribution in [0.5, 0.6) is 5.75 Å². The molecule has 0 radical (unpaired) electrons. The van der Waals surface area contributed by atoms with Gasteiger partial charge in [-0.1, -0.05) is 41.9 Å². The molecule has 2 aromatic rings. The van der Waals surface area contributed by atoms with Gasteiger partial charge in [0.15, 0.2) is 0 Å². The summed E-state index contributed by atoms with van der Waals surface area (Å²) in [5, 5.41) is 4.18. The van der Waals surface area contributed by atoms with E-state index >= 15 is 0 Å². The van der Waals surface area contributed by atoms with Crippen molar-refractivity contribution in [1.82, 2.24) is 5.32 Å². The van der Waals surface area contributed by atoms with Crippen molar-refractivity contribution in [3.63, 3.8) is 0 Å². The van der Waals surface area contributed by atoms with Crippen LogP contribution in [0.25, 0.3) is 0 Å². The minimum absolute atomic E-state index is 0. The molecule has 3 rings (SSSR count). The first-order valence-corrected chi connectivity index (χ1v) is 8.46. The zero-order valence-corrected chi connectivity index (χ0v) is 15.1. The van der Waals surface area contributed by atoms with Crippen LogP contribution in [0.4, 0.5) is 0 Å². The largest absolute Gasteiger partial charge is 0.489 e. The second kappa shape index (κ2) is 9.90. The molecule has 0 amide bonds. The minimum Gasteiger partial charge on any atom is -0.489 e. The molecular formula is C19H23Cl2NO2.